The molecule has 1 aliphatic rings. The Morgan fingerprint density at radius 3 is 2.45 bits per heavy atom. The van der Waals surface area contributed by atoms with E-state index in [-0.39, 0.29) is 0 Å². The molecule has 4 nitrogen and oxygen atoms in total. The summed E-state index contributed by atoms with van der Waals surface area (Å²) in [6.07, 6.45) is 7.98. The van der Waals surface area contributed by atoms with E-state index in [2.05, 4.69) is 43.9 Å². The first kappa shape index (κ1) is 15.5. The quantitative estimate of drug-likeness (QED) is 0.900. The molecule has 4 heteroatoms. The minimum Gasteiger partial charge on any atom is -0.329 e. The van der Waals surface area contributed by atoms with Gasteiger partial charge in [0.2, 0.25) is 0 Å². The molecule has 0 aromatic carbocycles. The SMILES string of the molecule is CCC1(C)CCN(C(CN)c2cnn(C(C)C)c2)CC1. The van der Waals surface area contributed by atoms with Gasteiger partial charge >= 0.3 is 0 Å². The van der Waals surface area contributed by atoms with Gasteiger partial charge in [0.25, 0.3) is 0 Å². The molecule has 1 fully saturated rings. The van der Waals surface area contributed by atoms with Crippen LogP contribution < -0.4 is 5.73 Å². The zero-order valence-electron chi connectivity index (χ0n) is 13.5. The first-order valence-electron chi connectivity index (χ1n) is 7.97. The highest BCUT2D eigenvalue weighted by atomic mass is 15.3. The van der Waals surface area contributed by atoms with E-state index in [1.807, 2.05) is 10.9 Å². The Bertz CT molecular complexity index is 416. The highest BCUT2D eigenvalue weighted by Gasteiger charge is 2.31. The van der Waals surface area contributed by atoms with Crippen molar-refractivity contribution in [2.24, 2.45) is 11.1 Å². The van der Waals surface area contributed by atoms with Gasteiger partial charge in [-0.2, -0.15) is 5.10 Å². The van der Waals surface area contributed by atoms with E-state index in [1.54, 1.807) is 0 Å². The largest absolute Gasteiger partial charge is 0.329 e. The van der Waals surface area contributed by atoms with Gasteiger partial charge in [0, 0.05) is 24.3 Å². The van der Waals surface area contributed by atoms with E-state index >= 15 is 0 Å². The van der Waals surface area contributed by atoms with Crippen LogP contribution in [0.4, 0.5) is 0 Å². The number of aromatic nitrogens is 2. The van der Waals surface area contributed by atoms with Crippen molar-refractivity contribution in [3.05, 3.63) is 18.0 Å². The highest BCUT2D eigenvalue weighted by Crippen LogP contribution is 2.36. The minimum absolute atomic E-state index is 0.323. The normalized spacial score (nSPS) is 21.3. The Morgan fingerprint density at radius 2 is 2.00 bits per heavy atom. The number of hydrogen-bond donors (Lipinski definition) is 1. The second-order valence-corrected chi connectivity index (χ2v) is 6.80. The summed E-state index contributed by atoms with van der Waals surface area (Å²) in [7, 11) is 0. The standard InChI is InChI=1S/C16H30N4/c1-5-16(4)6-8-19(9-7-16)15(10-17)14-11-18-20(12-14)13(2)3/h11-13,15H,5-10,17H2,1-4H3. The van der Waals surface area contributed by atoms with E-state index in [9.17, 15) is 0 Å². The fourth-order valence-corrected chi connectivity index (χ4v) is 3.03. The van der Waals surface area contributed by atoms with E-state index in [4.69, 9.17) is 5.73 Å². The Hall–Kier alpha value is -0.870. The Kier molecular flexibility index (Phi) is 4.86. The molecule has 0 aliphatic carbocycles. The summed E-state index contributed by atoms with van der Waals surface area (Å²) in [6, 6.07) is 0.732. The summed E-state index contributed by atoms with van der Waals surface area (Å²) in [5.74, 6) is 0. The van der Waals surface area contributed by atoms with Crippen LogP contribution >= 0.6 is 0 Å². The van der Waals surface area contributed by atoms with Crippen LogP contribution in [0.3, 0.4) is 0 Å². The van der Waals surface area contributed by atoms with Crippen molar-refractivity contribution in [2.45, 2.75) is 59.0 Å². The van der Waals surface area contributed by atoms with Gasteiger partial charge in [-0.25, -0.2) is 0 Å². The number of nitrogens with two attached hydrogens (primary N) is 1. The van der Waals surface area contributed by atoms with Gasteiger partial charge in [0.05, 0.1) is 12.2 Å². The summed E-state index contributed by atoms with van der Waals surface area (Å²) >= 11 is 0. The van der Waals surface area contributed by atoms with Gasteiger partial charge in [-0.1, -0.05) is 20.3 Å². The van der Waals surface area contributed by atoms with Gasteiger partial charge in [0.1, 0.15) is 0 Å². The molecule has 0 radical (unpaired) electrons. The number of nitrogens with zero attached hydrogens (tertiary/aromatic N) is 3. The lowest BCUT2D eigenvalue weighted by Crippen LogP contribution is -2.42. The third-order valence-corrected chi connectivity index (χ3v) is 5.06. The molecule has 0 saturated carbocycles. The van der Waals surface area contributed by atoms with Gasteiger partial charge in [0.15, 0.2) is 0 Å². The van der Waals surface area contributed by atoms with E-state index in [0.29, 0.717) is 24.0 Å². The number of hydrogen-bond acceptors (Lipinski definition) is 3. The third kappa shape index (κ3) is 3.23. The molecule has 2 rings (SSSR count). The molecular formula is C16H30N4. The number of likely N-dealkylation sites (tertiary alicyclic amines) is 1. The average Bonchev–Trinajstić information content (AvgIpc) is 2.92. The van der Waals surface area contributed by atoms with E-state index < -0.39 is 0 Å². The fraction of sp³-hybridized carbons (Fsp3) is 0.812. The van der Waals surface area contributed by atoms with Gasteiger partial charge < -0.3 is 5.73 Å². The molecule has 1 unspecified atom stereocenters. The van der Waals surface area contributed by atoms with Crippen LogP contribution in [-0.2, 0) is 0 Å². The van der Waals surface area contributed by atoms with Crippen LogP contribution in [0.1, 0.15) is 64.6 Å². The zero-order valence-corrected chi connectivity index (χ0v) is 13.5. The smallest absolute Gasteiger partial charge is 0.0538 e. The van der Waals surface area contributed by atoms with E-state index in [1.165, 1.54) is 24.8 Å². The lowest BCUT2D eigenvalue weighted by Gasteiger charge is -2.42. The number of piperidine rings is 1. The molecule has 1 atom stereocenters. The Labute approximate surface area is 123 Å². The van der Waals surface area contributed by atoms with Crippen LogP contribution in [0.2, 0.25) is 0 Å². The molecule has 1 aromatic heterocycles. The van der Waals surface area contributed by atoms with Crippen molar-refractivity contribution in [2.75, 3.05) is 19.6 Å². The predicted octanol–water partition coefficient (Wildman–Crippen LogP) is 2.98. The monoisotopic (exact) mass is 278 g/mol. The Balaban J connectivity index is 2.05. The molecule has 1 aromatic rings. The van der Waals surface area contributed by atoms with Crippen molar-refractivity contribution in [1.82, 2.24) is 14.7 Å². The summed E-state index contributed by atoms with van der Waals surface area (Å²) < 4.78 is 2.03. The highest BCUT2D eigenvalue weighted by molar-refractivity contribution is 5.12. The third-order valence-electron chi connectivity index (χ3n) is 5.06. The lowest BCUT2D eigenvalue weighted by molar-refractivity contribution is 0.0828. The van der Waals surface area contributed by atoms with Crippen molar-refractivity contribution in [3.63, 3.8) is 0 Å². The zero-order chi connectivity index (χ0) is 14.8. The molecule has 1 saturated heterocycles. The maximum absolute atomic E-state index is 6.04. The second kappa shape index (κ2) is 6.27. The van der Waals surface area contributed by atoms with Crippen LogP contribution in [0.25, 0.3) is 0 Å². The Morgan fingerprint density at radius 1 is 1.35 bits per heavy atom. The maximum atomic E-state index is 6.04. The molecule has 0 spiro atoms. The summed E-state index contributed by atoms with van der Waals surface area (Å²) in [4.78, 5) is 2.54. The molecule has 1 aliphatic heterocycles. The minimum atomic E-state index is 0.323. The topological polar surface area (TPSA) is 47.1 Å². The molecule has 20 heavy (non-hydrogen) atoms. The fourth-order valence-electron chi connectivity index (χ4n) is 3.03. The number of rotatable bonds is 5. The molecular weight excluding hydrogens is 248 g/mol. The van der Waals surface area contributed by atoms with Crippen LogP contribution in [0.15, 0.2) is 12.4 Å². The molecule has 2 heterocycles. The molecule has 0 amide bonds. The van der Waals surface area contributed by atoms with Crippen molar-refractivity contribution < 1.29 is 0 Å². The van der Waals surface area contributed by atoms with Crippen LogP contribution in [0, 0.1) is 5.41 Å². The summed E-state index contributed by atoms with van der Waals surface area (Å²) in [5, 5.41) is 4.46. The maximum Gasteiger partial charge on any atom is 0.0538 e. The van der Waals surface area contributed by atoms with Gasteiger partial charge in [-0.3, -0.25) is 9.58 Å². The summed E-state index contributed by atoms with van der Waals surface area (Å²) in [6.45, 7) is 12.0. The molecule has 114 valence electrons. The first-order valence-corrected chi connectivity index (χ1v) is 7.97. The van der Waals surface area contributed by atoms with Crippen LogP contribution in [0.5, 0.6) is 0 Å². The van der Waals surface area contributed by atoms with E-state index in [0.717, 1.165) is 13.1 Å². The van der Waals surface area contributed by atoms with Gasteiger partial charge in [-0.05, 0) is 45.2 Å². The molecule has 2 N–H and O–H groups in total. The summed E-state index contributed by atoms with van der Waals surface area (Å²) in [5.41, 5.74) is 7.83. The molecule has 0 bridgehead atoms. The average molecular weight is 278 g/mol. The van der Waals surface area contributed by atoms with Crippen LogP contribution in [-0.4, -0.2) is 34.3 Å². The first-order chi connectivity index (χ1) is 9.49. The lowest BCUT2D eigenvalue weighted by atomic mass is 9.78. The van der Waals surface area contributed by atoms with Gasteiger partial charge in [-0.15, -0.1) is 0 Å². The second-order valence-electron chi connectivity index (χ2n) is 6.80. The van der Waals surface area contributed by atoms with Crippen molar-refractivity contribution in [3.8, 4) is 0 Å². The van der Waals surface area contributed by atoms with Crippen molar-refractivity contribution in [1.29, 1.82) is 0 Å². The predicted molar refractivity (Wildman–Crippen MR) is 83.6 cm³/mol. The van der Waals surface area contributed by atoms with Crippen molar-refractivity contribution >= 4 is 0 Å².